The number of nitrogens with zero attached hydrogens (tertiary/aromatic N) is 3. The number of nitrogens with one attached hydrogen (secondary N) is 1. The van der Waals surface area contributed by atoms with Crippen LogP contribution in [0.15, 0.2) is 36.4 Å². The molecule has 0 saturated carbocycles. The van der Waals surface area contributed by atoms with Crippen LogP contribution in [0.4, 0.5) is 5.82 Å². The van der Waals surface area contributed by atoms with Gasteiger partial charge in [0.2, 0.25) is 0 Å². The molecule has 4 nitrogen and oxygen atoms in total. The molecule has 0 amide bonds. The van der Waals surface area contributed by atoms with Crippen LogP contribution in [0, 0.1) is 6.92 Å². The molecule has 0 radical (unpaired) electrons. The molecule has 0 spiro atoms. The number of aryl methyl sites for hydroxylation is 1. The van der Waals surface area contributed by atoms with Gasteiger partial charge in [-0.15, -0.1) is 0 Å². The van der Waals surface area contributed by atoms with E-state index in [0.717, 1.165) is 47.4 Å². The zero-order valence-corrected chi connectivity index (χ0v) is 12.8. The molecule has 1 aromatic rings. The van der Waals surface area contributed by atoms with Crippen LogP contribution >= 0.6 is 0 Å². The average Bonchev–Trinajstić information content (AvgIpc) is 2.99. The maximum atomic E-state index is 4.86. The molecule has 0 bridgehead atoms. The number of piperidine rings is 1. The lowest BCUT2D eigenvalue weighted by atomic mass is 10.1. The number of hydrogen-bond acceptors (Lipinski definition) is 3. The second-order valence-electron chi connectivity index (χ2n) is 5.96. The molecular weight excluding hydrogens is 272 g/mol. The van der Waals surface area contributed by atoms with Crippen LogP contribution < -0.4 is 4.90 Å². The molecule has 1 saturated heterocycles. The summed E-state index contributed by atoms with van der Waals surface area (Å²) >= 11 is 0. The molecule has 4 heteroatoms. The van der Waals surface area contributed by atoms with E-state index in [1.807, 2.05) is 25.1 Å². The molecule has 1 aromatic carbocycles. The fourth-order valence-corrected chi connectivity index (χ4v) is 3.20. The van der Waals surface area contributed by atoms with Crippen molar-refractivity contribution in [3.8, 4) is 22.6 Å². The van der Waals surface area contributed by atoms with E-state index in [1.165, 1.54) is 19.3 Å². The Morgan fingerprint density at radius 2 is 1.77 bits per heavy atom. The summed E-state index contributed by atoms with van der Waals surface area (Å²) in [6, 6.07) is 12.5. The van der Waals surface area contributed by atoms with Crippen molar-refractivity contribution in [3.05, 3.63) is 42.2 Å². The summed E-state index contributed by atoms with van der Waals surface area (Å²) in [6.07, 6.45) is 3.81. The van der Waals surface area contributed by atoms with Crippen LogP contribution in [0.3, 0.4) is 0 Å². The SMILES string of the molecule is Cc1nc(N2CCCCC2)c2nc(-c3ccccc3)cc-2[nH]1. The van der Waals surface area contributed by atoms with Crippen molar-refractivity contribution in [1.29, 1.82) is 0 Å². The van der Waals surface area contributed by atoms with E-state index in [9.17, 15) is 0 Å². The number of hydrogen-bond donors (Lipinski definition) is 1. The largest absolute Gasteiger partial charge is 0.355 e. The molecule has 112 valence electrons. The lowest BCUT2D eigenvalue weighted by Gasteiger charge is -2.29. The maximum absolute atomic E-state index is 4.86. The standard InChI is InChI=1S/C18H20N4/c1-13-19-16-12-15(14-8-4-2-5-9-14)21-17(16)18(20-13)22-10-6-3-7-11-22/h2,4-5,8-9,12H,3,6-7,10-11H2,1H3,(H,19,20). The van der Waals surface area contributed by atoms with Crippen molar-refractivity contribution in [3.63, 3.8) is 0 Å². The van der Waals surface area contributed by atoms with Crippen LogP contribution in [0.1, 0.15) is 25.1 Å². The fourth-order valence-electron chi connectivity index (χ4n) is 3.20. The van der Waals surface area contributed by atoms with Gasteiger partial charge in [-0.3, -0.25) is 0 Å². The molecule has 4 rings (SSSR count). The van der Waals surface area contributed by atoms with Crippen LogP contribution in [0.5, 0.6) is 0 Å². The van der Waals surface area contributed by atoms with Crippen molar-refractivity contribution in [2.75, 3.05) is 18.0 Å². The second-order valence-corrected chi connectivity index (χ2v) is 5.96. The highest BCUT2D eigenvalue weighted by Crippen LogP contribution is 2.34. The van der Waals surface area contributed by atoms with Crippen molar-refractivity contribution in [2.24, 2.45) is 0 Å². The first-order valence-corrected chi connectivity index (χ1v) is 7.99. The van der Waals surface area contributed by atoms with Gasteiger partial charge in [0.1, 0.15) is 11.5 Å². The van der Waals surface area contributed by atoms with Crippen molar-refractivity contribution < 1.29 is 0 Å². The van der Waals surface area contributed by atoms with Gasteiger partial charge in [-0.05, 0) is 32.3 Å². The Morgan fingerprint density at radius 3 is 2.55 bits per heavy atom. The van der Waals surface area contributed by atoms with Crippen molar-refractivity contribution in [2.45, 2.75) is 26.2 Å². The van der Waals surface area contributed by atoms with Gasteiger partial charge in [0.15, 0.2) is 5.82 Å². The molecular formula is C18H20N4. The number of rotatable bonds is 2. The molecule has 0 aliphatic carbocycles. The molecule has 1 N–H and O–H groups in total. The summed E-state index contributed by atoms with van der Waals surface area (Å²) in [6.45, 7) is 4.18. The predicted molar refractivity (Wildman–Crippen MR) is 89.2 cm³/mol. The Bertz CT molecular complexity index is 741. The lowest BCUT2D eigenvalue weighted by Crippen LogP contribution is -2.31. The Balaban J connectivity index is 1.82. The third-order valence-corrected chi connectivity index (χ3v) is 4.29. The molecule has 3 heterocycles. The molecule has 0 unspecified atom stereocenters. The van der Waals surface area contributed by atoms with E-state index in [1.54, 1.807) is 0 Å². The Labute approximate surface area is 130 Å². The number of aromatic nitrogens is 3. The Morgan fingerprint density at radius 1 is 1.00 bits per heavy atom. The summed E-state index contributed by atoms with van der Waals surface area (Å²) < 4.78 is 0. The van der Waals surface area contributed by atoms with Crippen LogP contribution in [-0.2, 0) is 0 Å². The molecule has 0 atom stereocenters. The summed E-state index contributed by atoms with van der Waals surface area (Å²) in [5.74, 6) is 1.98. The Hall–Kier alpha value is -2.36. The number of aromatic amines is 1. The highest BCUT2D eigenvalue weighted by molar-refractivity contribution is 5.78. The van der Waals surface area contributed by atoms with E-state index < -0.39 is 0 Å². The zero-order valence-electron chi connectivity index (χ0n) is 12.8. The van der Waals surface area contributed by atoms with Crippen LogP contribution in [-0.4, -0.2) is 28.0 Å². The summed E-state index contributed by atoms with van der Waals surface area (Å²) in [5, 5.41) is 0. The van der Waals surface area contributed by atoms with E-state index in [0.29, 0.717) is 0 Å². The number of benzene rings is 1. The minimum atomic E-state index is 0.945. The van der Waals surface area contributed by atoms with E-state index >= 15 is 0 Å². The predicted octanol–water partition coefficient (Wildman–Crippen LogP) is 3.88. The maximum Gasteiger partial charge on any atom is 0.158 e. The minimum Gasteiger partial charge on any atom is -0.355 e. The first-order chi connectivity index (χ1) is 10.8. The van der Waals surface area contributed by atoms with E-state index in [-0.39, 0.29) is 0 Å². The number of H-pyrrole nitrogens is 1. The van der Waals surface area contributed by atoms with Gasteiger partial charge in [0, 0.05) is 18.7 Å². The van der Waals surface area contributed by atoms with Gasteiger partial charge >= 0.3 is 0 Å². The smallest absolute Gasteiger partial charge is 0.158 e. The van der Waals surface area contributed by atoms with Gasteiger partial charge in [-0.1, -0.05) is 30.3 Å². The number of fused-ring (bicyclic) bond motifs is 1. The average molecular weight is 292 g/mol. The highest BCUT2D eigenvalue weighted by atomic mass is 15.2. The molecule has 22 heavy (non-hydrogen) atoms. The summed E-state index contributed by atoms with van der Waals surface area (Å²) in [4.78, 5) is 15.3. The van der Waals surface area contributed by atoms with Crippen molar-refractivity contribution in [1.82, 2.24) is 15.0 Å². The van der Waals surface area contributed by atoms with Crippen LogP contribution in [0.25, 0.3) is 22.6 Å². The van der Waals surface area contributed by atoms with Gasteiger partial charge in [0.05, 0.1) is 11.4 Å². The highest BCUT2D eigenvalue weighted by Gasteiger charge is 2.22. The van der Waals surface area contributed by atoms with E-state index in [2.05, 4.69) is 28.1 Å². The van der Waals surface area contributed by atoms with Crippen LogP contribution in [0.2, 0.25) is 0 Å². The first kappa shape index (κ1) is 13.3. The third-order valence-electron chi connectivity index (χ3n) is 4.29. The molecule has 0 aromatic heterocycles. The monoisotopic (exact) mass is 292 g/mol. The van der Waals surface area contributed by atoms with Crippen molar-refractivity contribution >= 4 is 5.82 Å². The van der Waals surface area contributed by atoms with Gasteiger partial charge < -0.3 is 9.88 Å². The molecule has 3 aliphatic rings. The quantitative estimate of drug-likeness (QED) is 0.779. The minimum absolute atomic E-state index is 0.945. The summed E-state index contributed by atoms with van der Waals surface area (Å²) in [7, 11) is 0. The molecule has 1 fully saturated rings. The third kappa shape index (κ3) is 2.34. The fraction of sp³-hybridized carbons (Fsp3) is 0.333. The van der Waals surface area contributed by atoms with Gasteiger partial charge in [-0.2, -0.15) is 0 Å². The second kappa shape index (κ2) is 5.44. The summed E-state index contributed by atoms with van der Waals surface area (Å²) in [5.41, 5.74) is 4.23. The normalized spacial score (nSPS) is 15.4. The molecule has 3 aliphatic heterocycles. The topological polar surface area (TPSA) is 44.8 Å². The van der Waals surface area contributed by atoms with Gasteiger partial charge in [-0.25, -0.2) is 9.97 Å². The van der Waals surface area contributed by atoms with Gasteiger partial charge in [0.25, 0.3) is 0 Å². The number of anilines is 1. The zero-order chi connectivity index (χ0) is 14.9. The Kier molecular flexibility index (Phi) is 3.29. The van der Waals surface area contributed by atoms with E-state index in [4.69, 9.17) is 9.97 Å². The first-order valence-electron chi connectivity index (χ1n) is 7.99. The lowest BCUT2D eigenvalue weighted by molar-refractivity contribution is 0.572.